The van der Waals surface area contributed by atoms with Crippen LogP contribution in [0.25, 0.3) is 77.6 Å². The summed E-state index contributed by atoms with van der Waals surface area (Å²) in [5.74, 6) is 0. The van der Waals surface area contributed by atoms with Crippen LogP contribution in [-0.2, 0) is 10.8 Å². The number of fused-ring (bicyclic) bond motifs is 12. The van der Waals surface area contributed by atoms with Crippen molar-refractivity contribution in [2.75, 3.05) is 4.90 Å². The molecule has 0 bridgehead atoms. The van der Waals surface area contributed by atoms with Crippen LogP contribution in [0.5, 0.6) is 0 Å². The molecule has 2 nitrogen and oxygen atoms in total. The lowest BCUT2D eigenvalue weighted by Crippen LogP contribution is -2.40. The van der Waals surface area contributed by atoms with Gasteiger partial charge in [-0.05, 0) is 126 Å². The first-order valence-corrected chi connectivity index (χ1v) is 25.1. The summed E-state index contributed by atoms with van der Waals surface area (Å²) in [6, 6.07) is 95.9. The minimum atomic E-state index is -0.463. The number of furan rings is 1. The zero-order chi connectivity index (χ0) is 48.0. The summed E-state index contributed by atoms with van der Waals surface area (Å²) in [4.78, 5) is 2.44. The van der Waals surface area contributed by atoms with E-state index in [2.05, 4.69) is 274 Å². The van der Waals surface area contributed by atoms with Crippen molar-refractivity contribution in [3.63, 3.8) is 0 Å². The van der Waals surface area contributed by atoms with Gasteiger partial charge in [-0.3, -0.25) is 0 Å². The van der Waals surface area contributed by atoms with Gasteiger partial charge in [0.15, 0.2) is 0 Å². The highest BCUT2D eigenvalue weighted by Crippen LogP contribution is 2.62. The van der Waals surface area contributed by atoms with Gasteiger partial charge in [-0.1, -0.05) is 232 Å². The summed E-state index contributed by atoms with van der Waals surface area (Å²) >= 11 is 0. The maximum atomic E-state index is 6.58. The van der Waals surface area contributed by atoms with E-state index in [1.54, 1.807) is 0 Å². The Morgan fingerprint density at radius 3 is 1.50 bits per heavy atom. The molecule has 0 aliphatic heterocycles. The smallest absolute Gasteiger partial charge is 0.137 e. The predicted octanol–water partition coefficient (Wildman–Crippen LogP) is 18.7. The fourth-order valence-corrected chi connectivity index (χ4v) is 12.6. The molecule has 2 aliphatic rings. The Bertz CT molecular complexity index is 4030. The molecule has 1 heterocycles. The van der Waals surface area contributed by atoms with Crippen molar-refractivity contribution in [3.05, 3.63) is 294 Å². The highest BCUT2D eigenvalue weighted by Gasteiger charge is 2.53. The molecular formula is C70H49NO. The molecule has 0 amide bonds. The average Bonchev–Trinajstić information content (AvgIpc) is 3.97. The van der Waals surface area contributed by atoms with Crippen molar-refractivity contribution in [3.8, 4) is 55.6 Å². The summed E-state index contributed by atoms with van der Waals surface area (Å²) in [5.41, 5.74) is 24.5. The van der Waals surface area contributed by atoms with E-state index in [0.29, 0.717) is 0 Å². The number of para-hydroxylation sites is 2. The van der Waals surface area contributed by atoms with Gasteiger partial charge in [-0.15, -0.1) is 0 Å². The van der Waals surface area contributed by atoms with Crippen LogP contribution in [-0.4, -0.2) is 0 Å². The first-order valence-electron chi connectivity index (χ1n) is 25.1. The van der Waals surface area contributed by atoms with Gasteiger partial charge < -0.3 is 9.32 Å². The summed E-state index contributed by atoms with van der Waals surface area (Å²) in [6.07, 6.45) is 0. The van der Waals surface area contributed by atoms with Crippen LogP contribution >= 0.6 is 0 Å². The van der Waals surface area contributed by atoms with Gasteiger partial charge in [-0.25, -0.2) is 0 Å². The van der Waals surface area contributed by atoms with Crippen LogP contribution in [0.2, 0.25) is 0 Å². The highest BCUT2D eigenvalue weighted by molar-refractivity contribution is 6.14. The van der Waals surface area contributed by atoms with Gasteiger partial charge in [0.25, 0.3) is 0 Å². The van der Waals surface area contributed by atoms with Crippen molar-refractivity contribution < 1.29 is 4.42 Å². The minimum absolute atomic E-state index is 0.157. The molecule has 0 fully saturated rings. The molecule has 11 aromatic carbocycles. The largest absolute Gasteiger partial charge is 0.456 e. The van der Waals surface area contributed by atoms with Crippen LogP contribution in [0.4, 0.5) is 17.1 Å². The van der Waals surface area contributed by atoms with E-state index in [-0.39, 0.29) is 5.41 Å². The summed E-state index contributed by atoms with van der Waals surface area (Å²) in [6.45, 7) is 4.77. The number of rotatable bonds is 7. The number of hydrogen-bond acceptors (Lipinski definition) is 2. The lowest BCUT2D eigenvalue weighted by Gasteiger charge is -2.46. The van der Waals surface area contributed by atoms with Crippen LogP contribution < -0.4 is 4.90 Å². The maximum absolute atomic E-state index is 6.58. The molecule has 0 radical (unpaired) electrons. The molecule has 0 saturated carbocycles. The summed E-state index contributed by atoms with van der Waals surface area (Å²) in [5, 5.41) is 2.16. The molecule has 1 aromatic heterocycles. The Morgan fingerprint density at radius 2 is 0.792 bits per heavy atom. The van der Waals surface area contributed by atoms with Gasteiger partial charge in [0.2, 0.25) is 0 Å². The van der Waals surface area contributed by atoms with Crippen molar-refractivity contribution in [1.29, 1.82) is 0 Å². The Balaban J connectivity index is 0.953. The van der Waals surface area contributed by atoms with E-state index in [1.807, 2.05) is 6.07 Å². The van der Waals surface area contributed by atoms with Gasteiger partial charge in [0.1, 0.15) is 11.2 Å². The molecule has 2 aliphatic carbocycles. The van der Waals surface area contributed by atoms with E-state index in [1.165, 1.54) is 72.3 Å². The molecule has 0 unspecified atom stereocenters. The second-order valence-corrected chi connectivity index (χ2v) is 19.9. The van der Waals surface area contributed by atoms with E-state index in [0.717, 1.165) is 55.7 Å². The summed E-state index contributed by atoms with van der Waals surface area (Å²) < 4.78 is 6.58. The van der Waals surface area contributed by atoms with Crippen molar-refractivity contribution >= 4 is 39.0 Å². The second-order valence-electron chi connectivity index (χ2n) is 19.9. The number of nitrogens with zero attached hydrogens (tertiary/aromatic N) is 1. The molecular weight excluding hydrogens is 871 g/mol. The number of anilines is 3. The van der Waals surface area contributed by atoms with Crippen molar-refractivity contribution in [2.24, 2.45) is 0 Å². The minimum Gasteiger partial charge on any atom is -0.456 e. The van der Waals surface area contributed by atoms with Crippen molar-refractivity contribution in [2.45, 2.75) is 24.7 Å². The molecule has 2 heteroatoms. The van der Waals surface area contributed by atoms with E-state index < -0.39 is 5.41 Å². The zero-order valence-electron chi connectivity index (χ0n) is 40.2. The average molecular weight is 920 g/mol. The third-order valence-electron chi connectivity index (χ3n) is 15.8. The lowest BCUT2D eigenvalue weighted by molar-refractivity contribution is 0.563. The van der Waals surface area contributed by atoms with Gasteiger partial charge in [0, 0.05) is 22.1 Å². The molecule has 0 N–H and O–H groups in total. The Morgan fingerprint density at radius 1 is 0.306 bits per heavy atom. The monoisotopic (exact) mass is 919 g/mol. The van der Waals surface area contributed by atoms with E-state index in [4.69, 9.17) is 4.42 Å². The topological polar surface area (TPSA) is 16.4 Å². The van der Waals surface area contributed by atoms with Gasteiger partial charge in [0.05, 0.1) is 22.2 Å². The highest BCUT2D eigenvalue weighted by atomic mass is 16.3. The molecule has 12 aromatic rings. The Labute approximate surface area is 420 Å². The molecule has 14 rings (SSSR count). The fourth-order valence-electron chi connectivity index (χ4n) is 12.6. The Kier molecular flexibility index (Phi) is 9.50. The van der Waals surface area contributed by atoms with E-state index >= 15 is 0 Å². The zero-order valence-corrected chi connectivity index (χ0v) is 40.2. The fraction of sp³-hybridized carbons (Fsp3) is 0.0571. The van der Waals surface area contributed by atoms with E-state index in [9.17, 15) is 0 Å². The van der Waals surface area contributed by atoms with Crippen molar-refractivity contribution in [1.82, 2.24) is 0 Å². The van der Waals surface area contributed by atoms with Crippen LogP contribution in [0, 0.1) is 0 Å². The number of benzene rings is 11. The third-order valence-corrected chi connectivity index (χ3v) is 15.8. The molecule has 0 saturated heterocycles. The molecule has 0 atom stereocenters. The first kappa shape index (κ1) is 41.9. The van der Waals surface area contributed by atoms with Crippen LogP contribution in [0.1, 0.15) is 47.2 Å². The SMILES string of the molecule is CC1(C)c2ccccc2C2(c3ccccc3-c3ccc(-c4ccc(N(c5ccccc5-c5ccccc5-c5ccccc5-c5ccccc5)c5cccc6oc7ccccc7c56)cc4)cc32)c2ccccc21. The van der Waals surface area contributed by atoms with Crippen LogP contribution in [0.3, 0.4) is 0 Å². The second kappa shape index (κ2) is 16.3. The molecule has 340 valence electrons. The molecule has 72 heavy (non-hydrogen) atoms. The maximum Gasteiger partial charge on any atom is 0.137 e. The predicted molar refractivity (Wildman–Crippen MR) is 300 cm³/mol. The lowest BCUT2D eigenvalue weighted by atomic mass is 9.55. The summed E-state index contributed by atoms with van der Waals surface area (Å²) in [7, 11) is 0. The molecule has 1 spiro atoms. The van der Waals surface area contributed by atoms with Gasteiger partial charge >= 0.3 is 0 Å². The third kappa shape index (κ3) is 6.15. The first-order chi connectivity index (χ1) is 35.5. The normalized spacial score (nSPS) is 13.6. The number of hydrogen-bond donors (Lipinski definition) is 0. The quantitative estimate of drug-likeness (QED) is 0.158. The van der Waals surface area contributed by atoms with Crippen LogP contribution in [0.15, 0.2) is 265 Å². The Hall–Kier alpha value is -8.98. The standard InChI is InChI=1S/C70H49NO/c1-69(2)59-31-14-16-33-61(59)70(62-34-17-15-32-60(62)69)58-30-13-10-27-54(58)55-44-41-48(45-63(55)70)46-39-42-49(43-40-46)71(65-36-20-38-67-68(65)57-29-12-19-37-66(57)72-67)64-35-18-11-28-56(64)53-26-9-8-25-52(53)51-24-7-6-23-50(51)47-21-4-3-5-22-47/h3-45H,1-2H3. The van der Waals surface area contributed by atoms with Gasteiger partial charge in [-0.2, -0.15) is 0 Å².